The van der Waals surface area contributed by atoms with Crippen LogP contribution < -0.4 is 5.32 Å². The molecule has 0 saturated heterocycles. The van der Waals surface area contributed by atoms with Crippen molar-refractivity contribution in [1.29, 1.82) is 5.26 Å². The van der Waals surface area contributed by atoms with E-state index in [1.807, 2.05) is 36.4 Å². The Morgan fingerprint density at radius 3 is 2.78 bits per heavy atom. The minimum absolute atomic E-state index is 0.270. The quantitative estimate of drug-likeness (QED) is 0.804. The second-order valence-corrected chi connectivity index (χ2v) is 5.20. The molecule has 0 atom stereocenters. The molecule has 6 heteroatoms. The number of nitrogens with zero attached hydrogens (tertiary/aromatic N) is 4. The van der Waals surface area contributed by atoms with Crippen LogP contribution in [0.25, 0.3) is 0 Å². The van der Waals surface area contributed by atoms with E-state index < -0.39 is 0 Å². The number of amides is 1. The van der Waals surface area contributed by atoms with Crippen LogP contribution in [-0.2, 0) is 13.6 Å². The number of aromatic nitrogens is 3. The SMILES string of the molecule is Cn1cc(C#N)cc1C(=O)Nc1cnn(Cc2ccccc2)c1. The maximum atomic E-state index is 12.3. The first-order chi connectivity index (χ1) is 11.2. The second kappa shape index (κ2) is 6.20. The van der Waals surface area contributed by atoms with Gasteiger partial charge in [0.1, 0.15) is 11.8 Å². The average molecular weight is 305 g/mol. The Balaban J connectivity index is 1.70. The molecule has 2 aromatic heterocycles. The van der Waals surface area contributed by atoms with Crippen molar-refractivity contribution < 1.29 is 4.79 Å². The Kier molecular flexibility index (Phi) is 3.93. The van der Waals surface area contributed by atoms with Gasteiger partial charge in [-0.2, -0.15) is 10.4 Å². The van der Waals surface area contributed by atoms with Gasteiger partial charge in [-0.3, -0.25) is 9.48 Å². The van der Waals surface area contributed by atoms with Crippen LogP contribution in [-0.4, -0.2) is 20.3 Å². The summed E-state index contributed by atoms with van der Waals surface area (Å²) in [6.07, 6.45) is 5.00. The monoisotopic (exact) mass is 305 g/mol. The molecule has 3 aromatic rings. The molecule has 3 rings (SSSR count). The average Bonchev–Trinajstić information content (AvgIpc) is 3.14. The topological polar surface area (TPSA) is 75.6 Å². The zero-order valence-electron chi connectivity index (χ0n) is 12.6. The highest BCUT2D eigenvalue weighted by Crippen LogP contribution is 2.12. The molecule has 1 N–H and O–H groups in total. The summed E-state index contributed by atoms with van der Waals surface area (Å²) < 4.78 is 3.39. The summed E-state index contributed by atoms with van der Waals surface area (Å²) in [6, 6.07) is 13.5. The highest BCUT2D eigenvalue weighted by Gasteiger charge is 2.13. The molecule has 0 radical (unpaired) electrons. The highest BCUT2D eigenvalue weighted by molar-refractivity contribution is 6.03. The van der Waals surface area contributed by atoms with E-state index in [-0.39, 0.29) is 5.91 Å². The van der Waals surface area contributed by atoms with Gasteiger partial charge in [0.05, 0.1) is 24.0 Å². The van der Waals surface area contributed by atoms with Gasteiger partial charge in [0, 0.05) is 19.4 Å². The molecule has 2 heterocycles. The lowest BCUT2D eigenvalue weighted by molar-refractivity contribution is 0.101. The van der Waals surface area contributed by atoms with Crippen molar-refractivity contribution >= 4 is 11.6 Å². The Morgan fingerprint density at radius 1 is 1.30 bits per heavy atom. The smallest absolute Gasteiger partial charge is 0.272 e. The van der Waals surface area contributed by atoms with E-state index >= 15 is 0 Å². The molecule has 0 aliphatic rings. The lowest BCUT2D eigenvalue weighted by atomic mass is 10.2. The Morgan fingerprint density at radius 2 is 2.09 bits per heavy atom. The number of hydrogen-bond acceptors (Lipinski definition) is 3. The molecule has 23 heavy (non-hydrogen) atoms. The molecule has 0 aliphatic carbocycles. The van der Waals surface area contributed by atoms with E-state index in [1.165, 1.54) is 0 Å². The van der Waals surface area contributed by atoms with E-state index in [4.69, 9.17) is 5.26 Å². The highest BCUT2D eigenvalue weighted by atomic mass is 16.1. The molecule has 1 aromatic carbocycles. The van der Waals surface area contributed by atoms with Gasteiger partial charge in [-0.15, -0.1) is 0 Å². The summed E-state index contributed by atoms with van der Waals surface area (Å²) in [5, 5.41) is 15.9. The van der Waals surface area contributed by atoms with E-state index in [0.717, 1.165) is 5.56 Å². The third-order valence-electron chi connectivity index (χ3n) is 3.45. The lowest BCUT2D eigenvalue weighted by Crippen LogP contribution is -2.14. The van der Waals surface area contributed by atoms with E-state index in [1.54, 1.807) is 41.0 Å². The molecular weight excluding hydrogens is 290 g/mol. The maximum absolute atomic E-state index is 12.3. The van der Waals surface area contributed by atoms with Crippen molar-refractivity contribution in [3.63, 3.8) is 0 Å². The number of aryl methyl sites for hydroxylation is 1. The van der Waals surface area contributed by atoms with Gasteiger partial charge >= 0.3 is 0 Å². The van der Waals surface area contributed by atoms with Crippen LogP contribution in [0.5, 0.6) is 0 Å². The number of carbonyl (C=O) groups is 1. The van der Waals surface area contributed by atoms with Crippen LogP contribution >= 0.6 is 0 Å². The molecule has 0 bridgehead atoms. The van der Waals surface area contributed by atoms with Gasteiger partial charge in [0.25, 0.3) is 5.91 Å². The van der Waals surface area contributed by atoms with Gasteiger partial charge in [0.15, 0.2) is 0 Å². The van der Waals surface area contributed by atoms with Gasteiger partial charge in [-0.25, -0.2) is 0 Å². The van der Waals surface area contributed by atoms with Crippen molar-refractivity contribution in [3.8, 4) is 6.07 Å². The van der Waals surface area contributed by atoms with Crippen LogP contribution in [0.3, 0.4) is 0 Å². The number of anilines is 1. The zero-order valence-corrected chi connectivity index (χ0v) is 12.6. The number of nitrogens with one attached hydrogen (secondary N) is 1. The van der Waals surface area contributed by atoms with Gasteiger partial charge in [-0.1, -0.05) is 30.3 Å². The number of rotatable bonds is 4. The normalized spacial score (nSPS) is 10.3. The number of benzene rings is 1. The zero-order chi connectivity index (χ0) is 16.2. The maximum Gasteiger partial charge on any atom is 0.272 e. The lowest BCUT2D eigenvalue weighted by Gasteiger charge is -2.03. The van der Waals surface area contributed by atoms with E-state index in [0.29, 0.717) is 23.5 Å². The van der Waals surface area contributed by atoms with Gasteiger partial charge in [0.2, 0.25) is 0 Å². The minimum atomic E-state index is -0.270. The van der Waals surface area contributed by atoms with Crippen molar-refractivity contribution in [2.24, 2.45) is 7.05 Å². The fraction of sp³-hybridized carbons (Fsp3) is 0.118. The summed E-state index contributed by atoms with van der Waals surface area (Å²) in [5.41, 5.74) is 2.63. The molecule has 6 nitrogen and oxygen atoms in total. The standard InChI is InChI=1S/C17H15N5O/c1-21-10-14(8-18)7-16(21)17(23)20-15-9-19-22(12-15)11-13-5-3-2-4-6-13/h2-7,9-10,12H,11H2,1H3,(H,20,23). The van der Waals surface area contributed by atoms with Crippen LogP contribution in [0.4, 0.5) is 5.69 Å². The summed E-state index contributed by atoms with van der Waals surface area (Å²) in [5.74, 6) is -0.270. The molecular formula is C17H15N5O. The molecule has 0 fully saturated rings. The van der Waals surface area contributed by atoms with Gasteiger partial charge in [-0.05, 0) is 11.6 Å². The molecule has 0 spiro atoms. The fourth-order valence-electron chi connectivity index (χ4n) is 2.33. The summed E-state index contributed by atoms with van der Waals surface area (Å²) >= 11 is 0. The van der Waals surface area contributed by atoms with Crippen LogP contribution in [0, 0.1) is 11.3 Å². The van der Waals surface area contributed by atoms with E-state index in [2.05, 4.69) is 10.4 Å². The van der Waals surface area contributed by atoms with Crippen molar-refractivity contribution in [2.45, 2.75) is 6.54 Å². The largest absolute Gasteiger partial charge is 0.345 e. The van der Waals surface area contributed by atoms with Crippen molar-refractivity contribution in [3.05, 3.63) is 71.8 Å². The molecule has 0 saturated carbocycles. The first-order valence-corrected chi connectivity index (χ1v) is 7.10. The van der Waals surface area contributed by atoms with Crippen molar-refractivity contribution in [2.75, 3.05) is 5.32 Å². The first kappa shape index (κ1) is 14.6. The predicted molar refractivity (Wildman–Crippen MR) is 85.9 cm³/mol. The van der Waals surface area contributed by atoms with Crippen LogP contribution in [0.15, 0.2) is 55.0 Å². The number of hydrogen-bond donors (Lipinski definition) is 1. The Labute approximate surface area is 133 Å². The second-order valence-electron chi connectivity index (χ2n) is 5.20. The molecule has 114 valence electrons. The summed E-state index contributed by atoms with van der Waals surface area (Å²) in [7, 11) is 1.73. The third-order valence-corrected chi connectivity index (χ3v) is 3.45. The summed E-state index contributed by atoms with van der Waals surface area (Å²) in [6.45, 7) is 0.638. The Hall–Kier alpha value is -3.33. The molecule has 0 unspecified atom stereocenters. The third kappa shape index (κ3) is 3.30. The van der Waals surface area contributed by atoms with E-state index in [9.17, 15) is 4.79 Å². The predicted octanol–water partition coefficient (Wildman–Crippen LogP) is 2.39. The first-order valence-electron chi connectivity index (χ1n) is 7.10. The van der Waals surface area contributed by atoms with Crippen LogP contribution in [0.1, 0.15) is 21.6 Å². The molecule has 1 amide bonds. The summed E-state index contributed by atoms with van der Waals surface area (Å²) in [4.78, 5) is 12.3. The fourth-order valence-corrected chi connectivity index (χ4v) is 2.33. The van der Waals surface area contributed by atoms with Crippen LogP contribution in [0.2, 0.25) is 0 Å². The number of nitriles is 1. The van der Waals surface area contributed by atoms with Gasteiger partial charge < -0.3 is 9.88 Å². The Bertz CT molecular complexity index is 870. The molecule has 0 aliphatic heterocycles. The number of carbonyl (C=O) groups excluding carboxylic acids is 1. The minimum Gasteiger partial charge on any atom is -0.345 e. The van der Waals surface area contributed by atoms with Crippen molar-refractivity contribution in [1.82, 2.24) is 14.3 Å².